The maximum atomic E-state index is 12.6. The number of rotatable bonds is 6. The zero-order valence-electron chi connectivity index (χ0n) is 11.5. The van der Waals surface area contributed by atoms with Crippen LogP contribution < -0.4 is 0 Å². The molecule has 1 aromatic rings. The molecule has 4 heteroatoms. The van der Waals surface area contributed by atoms with Crippen LogP contribution in [0.4, 0.5) is 0 Å². The summed E-state index contributed by atoms with van der Waals surface area (Å²) in [7, 11) is -3.30. The molecule has 0 heterocycles. The fourth-order valence-electron chi connectivity index (χ4n) is 3.00. The van der Waals surface area contributed by atoms with Gasteiger partial charge in [-0.05, 0) is 31.4 Å². The lowest BCUT2D eigenvalue weighted by Crippen LogP contribution is -2.14. The minimum atomic E-state index is -3.30. The highest BCUT2D eigenvalue weighted by atomic mass is 32.2. The summed E-state index contributed by atoms with van der Waals surface area (Å²) in [5, 5.41) is 9.38. The van der Waals surface area contributed by atoms with E-state index in [0.717, 1.165) is 19.3 Å². The second-order valence-corrected chi connectivity index (χ2v) is 7.55. The van der Waals surface area contributed by atoms with Gasteiger partial charge in [0.2, 0.25) is 0 Å². The molecule has 19 heavy (non-hydrogen) atoms. The molecule has 0 radical (unpaired) electrons. The molecule has 0 unspecified atom stereocenters. The normalized spacial score (nSPS) is 28.1. The molecular formula is C15H22O3S. The number of aliphatic hydroxyl groups excluding tert-OH is 1. The van der Waals surface area contributed by atoms with E-state index in [1.807, 2.05) is 6.07 Å². The molecule has 1 N–H and O–H groups in total. The van der Waals surface area contributed by atoms with Gasteiger partial charge in [0.05, 0.1) is 16.2 Å². The smallest absolute Gasteiger partial charge is 0.181 e. The first-order valence-electron chi connectivity index (χ1n) is 6.97. The summed E-state index contributed by atoms with van der Waals surface area (Å²) in [6.07, 6.45) is 2.42. The molecule has 1 saturated carbocycles. The van der Waals surface area contributed by atoms with Crippen molar-refractivity contribution < 1.29 is 13.5 Å². The van der Waals surface area contributed by atoms with E-state index in [-0.39, 0.29) is 11.8 Å². The molecular weight excluding hydrogens is 260 g/mol. The van der Waals surface area contributed by atoms with Gasteiger partial charge in [-0.25, -0.2) is 8.42 Å². The van der Waals surface area contributed by atoms with Crippen LogP contribution in [0.1, 0.15) is 33.1 Å². The van der Waals surface area contributed by atoms with Crippen molar-refractivity contribution in [3.8, 4) is 0 Å². The quantitative estimate of drug-likeness (QED) is 0.872. The van der Waals surface area contributed by atoms with Crippen molar-refractivity contribution in [2.45, 2.75) is 49.4 Å². The van der Waals surface area contributed by atoms with Crippen molar-refractivity contribution in [3.05, 3.63) is 30.3 Å². The van der Waals surface area contributed by atoms with Crippen LogP contribution in [0, 0.1) is 11.8 Å². The van der Waals surface area contributed by atoms with Crippen molar-refractivity contribution in [1.29, 1.82) is 0 Å². The number of unbranched alkanes of at least 4 members (excludes halogenated alkanes) is 1. The van der Waals surface area contributed by atoms with Gasteiger partial charge in [0.15, 0.2) is 9.84 Å². The van der Waals surface area contributed by atoms with Crippen LogP contribution in [0.15, 0.2) is 35.2 Å². The highest BCUT2D eigenvalue weighted by Crippen LogP contribution is 2.51. The van der Waals surface area contributed by atoms with Gasteiger partial charge in [-0.15, -0.1) is 0 Å². The van der Waals surface area contributed by atoms with E-state index < -0.39 is 21.2 Å². The fraction of sp³-hybridized carbons (Fsp3) is 0.600. The Morgan fingerprint density at radius 3 is 2.42 bits per heavy atom. The first kappa shape index (κ1) is 14.5. The second-order valence-electron chi connectivity index (χ2n) is 5.45. The molecule has 1 fully saturated rings. The van der Waals surface area contributed by atoms with Crippen LogP contribution in [-0.2, 0) is 9.84 Å². The second kappa shape index (κ2) is 5.63. The Balaban J connectivity index is 2.21. The predicted molar refractivity (Wildman–Crippen MR) is 75.6 cm³/mol. The minimum absolute atomic E-state index is 0.100. The van der Waals surface area contributed by atoms with E-state index in [0.29, 0.717) is 4.90 Å². The maximum Gasteiger partial charge on any atom is 0.181 e. The van der Waals surface area contributed by atoms with E-state index in [1.165, 1.54) is 0 Å². The molecule has 0 spiro atoms. The summed E-state index contributed by atoms with van der Waals surface area (Å²) in [5.74, 6) is 0.0157. The Morgan fingerprint density at radius 2 is 1.89 bits per heavy atom. The van der Waals surface area contributed by atoms with Crippen LogP contribution in [0.2, 0.25) is 0 Å². The summed E-state index contributed by atoms with van der Waals surface area (Å²) in [6.45, 7) is 3.80. The number of sulfone groups is 1. The fourth-order valence-corrected chi connectivity index (χ4v) is 5.38. The van der Waals surface area contributed by atoms with E-state index in [4.69, 9.17) is 0 Å². The van der Waals surface area contributed by atoms with Gasteiger partial charge in [0.25, 0.3) is 0 Å². The van der Waals surface area contributed by atoms with Gasteiger partial charge < -0.3 is 5.11 Å². The third kappa shape index (κ3) is 2.84. The van der Waals surface area contributed by atoms with Gasteiger partial charge in [-0.2, -0.15) is 0 Å². The van der Waals surface area contributed by atoms with E-state index in [1.54, 1.807) is 31.2 Å². The van der Waals surface area contributed by atoms with Crippen LogP contribution in [0.5, 0.6) is 0 Å². The first-order valence-corrected chi connectivity index (χ1v) is 8.51. The number of hydrogen-bond donors (Lipinski definition) is 1. The Labute approximate surface area is 115 Å². The molecule has 1 aromatic carbocycles. The summed E-state index contributed by atoms with van der Waals surface area (Å²) in [5.41, 5.74) is 0. The number of benzene rings is 1. The third-order valence-corrected chi connectivity index (χ3v) is 6.34. The van der Waals surface area contributed by atoms with Gasteiger partial charge >= 0.3 is 0 Å². The van der Waals surface area contributed by atoms with Crippen molar-refractivity contribution in [1.82, 2.24) is 0 Å². The van der Waals surface area contributed by atoms with Crippen molar-refractivity contribution in [2.24, 2.45) is 11.8 Å². The Bertz CT molecular complexity index is 507. The van der Waals surface area contributed by atoms with Crippen molar-refractivity contribution in [3.63, 3.8) is 0 Å². The summed E-state index contributed by atoms with van der Waals surface area (Å²) >= 11 is 0. The summed E-state index contributed by atoms with van der Waals surface area (Å²) in [4.78, 5) is 0.379. The van der Waals surface area contributed by atoms with Crippen LogP contribution in [0.3, 0.4) is 0 Å². The molecule has 3 nitrogen and oxygen atoms in total. The lowest BCUT2D eigenvalue weighted by molar-refractivity contribution is 0.163. The molecule has 106 valence electrons. The molecule has 0 aliphatic heterocycles. The monoisotopic (exact) mass is 282 g/mol. The van der Waals surface area contributed by atoms with E-state index >= 15 is 0 Å². The largest absolute Gasteiger partial charge is 0.393 e. The molecule has 0 bridgehead atoms. The maximum absolute atomic E-state index is 12.6. The van der Waals surface area contributed by atoms with Gasteiger partial charge in [-0.3, -0.25) is 0 Å². The zero-order chi connectivity index (χ0) is 14.0. The van der Waals surface area contributed by atoms with Gasteiger partial charge in [0.1, 0.15) is 0 Å². The standard InChI is InChI=1S/C15H22O3S/c1-3-4-10-13-14(11(2)16)15(13)19(17,18)12-8-6-5-7-9-12/h5-9,11,13-16H,3-4,10H2,1-2H3/t11-,13-,14-,15+/m1/s1. The lowest BCUT2D eigenvalue weighted by atomic mass is 10.1. The van der Waals surface area contributed by atoms with Crippen LogP contribution >= 0.6 is 0 Å². The highest BCUT2D eigenvalue weighted by Gasteiger charge is 2.59. The lowest BCUT2D eigenvalue weighted by Gasteiger charge is -2.05. The average Bonchev–Trinajstić information content (AvgIpc) is 3.12. The molecule has 4 atom stereocenters. The van der Waals surface area contributed by atoms with Crippen LogP contribution in [0.25, 0.3) is 0 Å². The summed E-state index contributed by atoms with van der Waals surface area (Å²) in [6, 6.07) is 8.58. The molecule has 0 amide bonds. The highest BCUT2D eigenvalue weighted by molar-refractivity contribution is 7.92. The molecule has 0 saturated heterocycles. The SMILES string of the molecule is CCCC[C@@H]1[C@@H]([C@@H](C)O)[C@H]1S(=O)(=O)c1ccccc1. The first-order chi connectivity index (χ1) is 9.00. The average molecular weight is 282 g/mol. The Morgan fingerprint density at radius 1 is 1.26 bits per heavy atom. The van der Waals surface area contributed by atoms with Crippen LogP contribution in [-0.4, -0.2) is 24.9 Å². The molecule has 1 aliphatic rings. The minimum Gasteiger partial charge on any atom is -0.393 e. The third-order valence-electron chi connectivity index (χ3n) is 4.03. The Hall–Kier alpha value is -0.870. The number of hydrogen-bond acceptors (Lipinski definition) is 3. The Kier molecular flexibility index (Phi) is 4.31. The topological polar surface area (TPSA) is 54.4 Å². The molecule has 1 aliphatic carbocycles. The summed E-state index contributed by atoms with van der Waals surface area (Å²) < 4.78 is 25.1. The van der Waals surface area contributed by atoms with Gasteiger partial charge in [0, 0.05) is 5.92 Å². The zero-order valence-corrected chi connectivity index (χ0v) is 12.3. The molecule has 0 aromatic heterocycles. The molecule has 2 rings (SSSR count). The van der Waals surface area contributed by atoms with E-state index in [2.05, 4.69) is 6.92 Å². The van der Waals surface area contributed by atoms with Gasteiger partial charge in [-0.1, -0.05) is 38.0 Å². The number of aliphatic hydroxyl groups is 1. The van der Waals surface area contributed by atoms with E-state index in [9.17, 15) is 13.5 Å². The van der Waals surface area contributed by atoms with Crippen molar-refractivity contribution >= 4 is 9.84 Å². The van der Waals surface area contributed by atoms with Crippen molar-refractivity contribution in [2.75, 3.05) is 0 Å². The predicted octanol–water partition coefficient (Wildman–Crippen LogP) is 2.65.